The highest BCUT2D eigenvalue weighted by molar-refractivity contribution is 6.12. The molecule has 1 atom stereocenters. The maximum absolute atomic E-state index is 12.7. The molecular weight excluding hydrogens is 341 g/mol. The largest absolute Gasteiger partial charge is 0.471 e. The van der Waals surface area contributed by atoms with E-state index < -0.39 is 36.3 Å². The van der Waals surface area contributed by atoms with Gasteiger partial charge >= 0.3 is 18.1 Å². The van der Waals surface area contributed by atoms with E-state index in [2.05, 4.69) is 4.74 Å². The number of aromatic nitrogens is 1. The lowest BCUT2D eigenvalue weighted by molar-refractivity contribution is -0.174. The van der Waals surface area contributed by atoms with Gasteiger partial charge in [-0.25, -0.2) is 0 Å². The van der Waals surface area contributed by atoms with Gasteiger partial charge in [0.05, 0.1) is 13.5 Å². The van der Waals surface area contributed by atoms with Crippen molar-refractivity contribution in [2.24, 2.45) is 7.05 Å². The summed E-state index contributed by atoms with van der Waals surface area (Å²) in [6, 6.07) is 5.09. The highest BCUT2D eigenvalue weighted by Gasteiger charge is 2.41. The lowest BCUT2D eigenvalue weighted by atomic mass is 10.0. The van der Waals surface area contributed by atoms with Gasteiger partial charge in [-0.05, 0) is 6.07 Å². The Labute approximate surface area is 140 Å². The number of methoxy groups -OCH3 is 1. The fraction of sp³-hybridized carbons (Fsp3) is 0.312. The van der Waals surface area contributed by atoms with Crippen molar-refractivity contribution >= 4 is 28.6 Å². The zero-order chi connectivity index (χ0) is 18.8. The molecule has 1 heterocycles. The van der Waals surface area contributed by atoms with Gasteiger partial charge in [-0.15, -0.1) is 0 Å². The van der Waals surface area contributed by atoms with Gasteiger partial charge in [0.25, 0.3) is 0 Å². The van der Waals surface area contributed by atoms with Crippen LogP contribution in [0.2, 0.25) is 0 Å². The van der Waals surface area contributed by atoms with Crippen molar-refractivity contribution in [3.8, 4) is 0 Å². The molecule has 9 heteroatoms. The van der Waals surface area contributed by atoms with E-state index in [1.165, 1.54) is 6.20 Å². The summed E-state index contributed by atoms with van der Waals surface area (Å²) >= 11 is 0. The number of para-hydroxylation sites is 1. The monoisotopic (exact) mass is 356 g/mol. The number of rotatable bonds is 5. The standard InChI is InChI=1S/C16H15F3N2O4/c1-21-8-10(9-5-3-4-6-12(9)21)14(23)11(7-13(22)25-2)20-15(24)16(17,18)19/h3-6,8,11H,7H2,1-2H3,(H,20,24)/t11-/m0/s1. The minimum Gasteiger partial charge on any atom is -0.469 e. The van der Waals surface area contributed by atoms with Gasteiger partial charge < -0.3 is 14.6 Å². The molecule has 0 aliphatic heterocycles. The predicted octanol–water partition coefficient (Wildman–Crippen LogP) is 1.97. The summed E-state index contributed by atoms with van der Waals surface area (Å²) in [5.74, 6) is -4.02. The zero-order valence-electron chi connectivity index (χ0n) is 13.4. The lowest BCUT2D eigenvalue weighted by Crippen LogP contribution is -2.47. The molecule has 2 aromatic rings. The maximum atomic E-state index is 12.7. The van der Waals surface area contributed by atoms with Gasteiger partial charge in [-0.3, -0.25) is 14.4 Å². The topological polar surface area (TPSA) is 77.4 Å². The predicted molar refractivity (Wildman–Crippen MR) is 81.9 cm³/mol. The number of ketones is 1. The van der Waals surface area contributed by atoms with E-state index in [1.54, 1.807) is 41.2 Å². The van der Waals surface area contributed by atoms with E-state index >= 15 is 0 Å². The van der Waals surface area contributed by atoms with Crippen LogP contribution in [0.25, 0.3) is 10.9 Å². The van der Waals surface area contributed by atoms with E-state index in [0.717, 1.165) is 7.11 Å². The fourth-order valence-corrected chi connectivity index (χ4v) is 2.43. The molecule has 0 saturated carbocycles. The van der Waals surface area contributed by atoms with Crippen LogP contribution in [-0.2, 0) is 21.4 Å². The first kappa shape index (κ1) is 18.5. The molecule has 0 fully saturated rings. The van der Waals surface area contributed by atoms with E-state index in [0.29, 0.717) is 10.9 Å². The molecule has 1 amide bonds. The van der Waals surface area contributed by atoms with Gasteiger partial charge in [0.15, 0.2) is 5.78 Å². The number of carbonyl (C=O) groups is 3. The van der Waals surface area contributed by atoms with Gasteiger partial charge in [0.2, 0.25) is 0 Å². The number of aryl methyl sites for hydroxylation is 1. The number of nitrogens with zero attached hydrogens (tertiary/aromatic N) is 1. The van der Waals surface area contributed by atoms with Crippen LogP contribution >= 0.6 is 0 Å². The Morgan fingerprint density at radius 3 is 2.48 bits per heavy atom. The van der Waals surface area contributed by atoms with Gasteiger partial charge in [-0.1, -0.05) is 18.2 Å². The normalized spacial score (nSPS) is 12.7. The number of ether oxygens (including phenoxy) is 1. The van der Waals surface area contributed by atoms with Crippen molar-refractivity contribution in [1.82, 2.24) is 9.88 Å². The molecule has 0 spiro atoms. The molecule has 25 heavy (non-hydrogen) atoms. The van der Waals surface area contributed by atoms with Crippen LogP contribution in [-0.4, -0.2) is 41.6 Å². The molecule has 6 nitrogen and oxygen atoms in total. The van der Waals surface area contributed by atoms with Crippen LogP contribution in [0.15, 0.2) is 30.5 Å². The summed E-state index contributed by atoms with van der Waals surface area (Å²) in [6.45, 7) is 0. The Morgan fingerprint density at radius 2 is 1.88 bits per heavy atom. The summed E-state index contributed by atoms with van der Waals surface area (Å²) in [4.78, 5) is 35.3. The quantitative estimate of drug-likeness (QED) is 0.656. The molecule has 0 unspecified atom stereocenters. The average Bonchev–Trinajstić information content (AvgIpc) is 2.89. The number of esters is 1. The van der Waals surface area contributed by atoms with Crippen LogP contribution < -0.4 is 5.32 Å². The van der Waals surface area contributed by atoms with Crippen LogP contribution in [0.1, 0.15) is 16.8 Å². The summed E-state index contributed by atoms with van der Waals surface area (Å²) in [5.41, 5.74) is 0.791. The third-order valence-corrected chi connectivity index (χ3v) is 3.64. The molecule has 1 aromatic heterocycles. The number of fused-ring (bicyclic) bond motifs is 1. The van der Waals surface area contributed by atoms with Crippen molar-refractivity contribution in [2.75, 3.05) is 7.11 Å². The smallest absolute Gasteiger partial charge is 0.469 e. The van der Waals surface area contributed by atoms with Crippen molar-refractivity contribution in [3.05, 3.63) is 36.0 Å². The summed E-state index contributed by atoms with van der Waals surface area (Å²) in [6.07, 6.45) is -4.44. The van der Waals surface area contributed by atoms with Crippen molar-refractivity contribution in [1.29, 1.82) is 0 Å². The number of hydrogen-bond acceptors (Lipinski definition) is 4. The van der Waals surface area contributed by atoms with Crippen molar-refractivity contribution in [2.45, 2.75) is 18.6 Å². The summed E-state index contributed by atoms with van der Waals surface area (Å²) in [5, 5.41) is 2.08. The van der Waals surface area contributed by atoms with Crippen LogP contribution in [0.4, 0.5) is 13.2 Å². The maximum Gasteiger partial charge on any atom is 0.471 e. The molecule has 1 aromatic carbocycles. The molecule has 0 aliphatic rings. The van der Waals surface area contributed by atoms with E-state index in [4.69, 9.17) is 0 Å². The Bertz CT molecular complexity index is 826. The van der Waals surface area contributed by atoms with Crippen LogP contribution in [0, 0.1) is 0 Å². The Hall–Kier alpha value is -2.84. The number of benzene rings is 1. The number of carbonyl (C=O) groups excluding carboxylic acids is 3. The summed E-state index contributed by atoms with van der Waals surface area (Å²) in [7, 11) is 2.70. The molecule has 2 rings (SSSR count). The van der Waals surface area contributed by atoms with Gasteiger partial charge in [-0.2, -0.15) is 13.2 Å². The SMILES string of the molecule is COC(=O)C[C@H](NC(=O)C(F)(F)F)C(=O)c1cn(C)c2ccccc12. The molecule has 0 aliphatic carbocycles. The molecule has 134 valence electrons. The molecule has 0 radical (unpaired) electrons. The molecular formula is C16H15F3N2O4. The van der Waals surface area contributed by atoms with E-state index in [1.807, 2.05) is 0 Å². The fourth-order valence-electron chi connectivity index (χ4n) is 2.43. The highest BCUT2D eigenvalue weighted by atomic mass is 19.4. The Balaban J connectivity index is 2.39. The van der Waals surface area contributed by atoms with Crippen molar-refractivity contribution < 1.29 is 32.3 Å². The second kappa shape index (κ2) is 6.96. The molecule has 1 N–H and O–H groups in total. The Morgan fingerprint density at radius 1 is 1.24 bits per heavy atom. The number of alkyl halides is 3. The van der Waals surface area contributed by atoms with Crippen molar-refractivity contribution in [3.63, 3.8) is 0 Å². The summed E-state index contributed by atoms with van der Waals surface area (Å²) < 4.78 is 43.6. The number of nitrogens with one attached hydrogen (secondary N) is 1. The number of halogens is 3. The first-order chi connectivity index (χ1) is 11.6. The zero-order valence-corrected chi connectivity index (χ0v) is 13.4. The first-order valence-corrected chi connectivity index (χ1v) is 7.18. The average molecular weight is 356 g/mol. The van der Waals surface area contributed by atoms with E-state index in [9.17, 15) is 27.6 Å². The third kappa shape index (κ3) is 3.98. The number of Topliss-reactive ketones (excluding diaryl/α,β-unsaturated/α-hetero) is 1. The minimum absolute atomic E-state index is 0.106. The Kier molecular flexibility index (Phi) is 5.15. The molecule has 0 saturated heterocycles. The minimum atomic E-state index is -5.17. The van der Waals surface area contributed by atoms with E-state index in [-0.39, 0.29) is 5.56 Å². The first-order valence-electron chi connectivity index (χ1n) is 7.18. The second-order valence-corrected chi connectivity index (χ2v) is 5.34. The van der Waals surface area contributed by atoms with Gasteiger partial charge in [0, 0.05) is 29.7 Å². The molecule has 0 bridgehead atoms. The van der Waals surface area contributed by atoms with Crippen LogP contribution in [0.3, 0.4) is 0 Å². The number of hydrogen-bond donors (Lipinski definition) is 1. The highest BCUT2D eigenvalue weighted by Crippen LogP contribution is 2.23. The second-order valence-electron chi connectivity index (χ2n) is 5.34. The third-order valence-electron chi connectivity index (χ3n) is 3.64. The van der Waals surface area contributed by atoms with Gasteiger partial charge in [0.1, 0.15) is 6.04 Å². The van der Waals surface area contributed by atoms with Crippen LogP contribution in [0.5, 0.6) is 0 Å². The lowest BCUT2D eigenvalue weighted by Gasteiger charge is -2.17. The number of amides is 1.